The van der Waals surface area contributed by atoms with Crippen molar-refractivity contribution >= 4 is 122 Å². The Morgan fingerprint density at radius 2 is 0.570 bits per heavy atom. The van der Waals surface area contributed by atoms with Gasteiger partial charge in [-0.15, -0.1) is 0 Å². The van der Waals surface area contributed by atoms with Gasteiger partial charge < -0.3 is 37.6 Å². The molecule has 0 spiro atoms. The highest BCUT2D eigenvalue weighted by Gasteiger charge is 2.53. The van der Waals surface area contributed by atoms with Crippen molar-refractivity contribution < 1.29 is 63.9 Å². The monoisotopic (exact) mass is 1760 g/mol. The number of nitrogens with zero attached hydrogens (tertiary/aromatic N) is 4. The Morgan fingerprint density at radius 1 is 0.306 bits per heavy atom. The number of rotatable bonds is 13. The number of alkyl halides is 6. The fourth-order valence-corrected chi connectivity index (χ4v) is 15.8. The van der Waals surface area contributed by atoms with Gasteiger partial charge in [0.15, 0.2) is 0 Å². The molecule has 0 atom stereocenters. The first kappa shape index (κ1) is 87.6. The van der Waals surface area contributed by atoms with E-state index in [-0.39, 0.29) is 58.9 Å². The summed E-state index contributed by atoms with van der Waals surface area (Å²) >= 11 is 7.16. The summed E-state index contributed by atoms with van der Waals surface area (Å²) in [6, 6.07) is 82.5. The molecule has 22 heteroatoms. The Bertz CT molecular complexity index is 6410. The highest BCUT2D eigenvalue weighted by molar-refractivity contribution is 9.10. The van der Waals surface area contributed by atoms with Crippen LogP contribution in [-0.4, -0.2) is 84.2 Å². The molecular formula is C99H92B2Br2F6N4O8. The number of hydrogen-bond acceptors (Lipinski definition) is 10. The van der Waals surface area contributed by atoms with Crippen LogP contribution in [0.4, 0.5) is 26.3 Å². The molecule has 0 N–H and O–H groups in total. The molecule has 16 aromatic rings. The van der Waals surface area contributed by atoms with E-state index in [0.717, 1.165) is 137 Å². The smallest absolute Gasteiger partial charge is 0.494 e. The predicted octanol–water partition coefficient (Wildman–Crippen LogP) is 26.8. The lowest BCUT2D eigenvalue weighted by atomic mass is 9.74. The molecule has 618 valence electrons. The lowest BCUT2D eigenvalue weighted by molar-refractivity contribution is -0.138. The third-order valence-corrected chi connectivity index (χ3v) is 24.0. The maximum atomic E-state index is 14.3. The molecule has 2 aliphatic heterocycles. The fraction of sp³-hybridized carbons (Fsp3) is 0.212. The average Bonchev–Trinajstić information content (AvgIpc) is 1.58. The van der Waals surface area contributed by atoms with Crippen molar-refractivity contribution in [2.45, 2.75) is 112 Å². The third-order valence-electron chi connectivity index (χ3n) is 23.0. The van der Waals surface area contributed by atoms with E-state index < -0.39 is 23.5 Å². The lowest BCUT2D eigenvalue weighted by Crippen LogP contribution is -2.41. The van der Waals surface area contributed by atoms with Crippen molar-refractivity contribution in [2.75, 3.05) is 28.4 Å². The highest BCUT2D eigenvalue weighted by Crippen LogP contribution is 2.47. The summed E-state index contributed by atoms with van der Waals surface area (Å²) < 4.78 is 135. The number of fused-ring (bicyclic) bond motifs is 12. The molecule has 0 aliphatic carbocycles. The fourth-order valence-electron chi connectivity index (χ4n) is 15.1. The number of benzene rings is 14. The van der Waals surface area contributed by atoms with E-state index in [1.165, 1.54) is 24.3 Å². The van der Waals surface area contributed by atoms with Crippen LogP contribution in [0, 0.1) is 0 Å². The van der Waals surface area contributed by atoms with Crippen molar-refractivity contribution in [3.8, 4) is 90.5 Å². The first-order chi connectivity index (χ1) is 56.3. The molecule has 0 saturated carbocycles. The number of hydrogen-bond donors (Lipinski definition) is 0. The molecule has 12 nitrogen and oxygen atoms in total. The second-order valence-electron chi connectivity index (χ2n) is 31.3. The molecule has 2 saturated heterocycles. The second kappa shape index (κ2) is 34.0. The van der Waals surface area contributed by atoms with Gasteiger partial charge in [-0.25, -0.2) is 9.97 Å². The summed E-state index contributed by atoms with van der Waals surface area (Å²) in [6.07, 6.45) is -9.02. The van der Waals surface area contributed by atoms with Gasteiger partial charge in [0.2, 0.25) is 0 Å². The quantitative estimate of drug-likeness (QED) is 0.0629. The van der Waals surface area contributed by atoms with Gasteiger partial charge >= 0.3 is 26.6 Å². The zero-order valence-corrected chi connectivity index (χ0v) is 69.8. The molecule has 0 unspecified atom stereocenters. The highest BCUT2D eigenvalue weighted by atomic mass is 79.9. The lowest BCUT2D eigenvalue weighted by Gasteiger charge is -2.32. The van der Waals surface area contributed by atoms with E-state index in [9.17, 15) is 26.3 Å². The van der Waals surface area contributed by atoms with Crippen LogP contribution in [0.15, 0.2) is 276 Å². The van der Waals surface area contributed by atoms with Crippen molar-refractivity contribution in [1.29, 1.82) is 0 Å². The van der Waals surface area contributed by atoms with Gasteiger partial charge in [-0.3, -0.25) is 9.13 Å². The van der Waals surface area contributed by atoms with Gasteiger partial charge in [0.1, 0.15) is 34.6 Å². The van der Waals surface area contributed by atoms with Crippen molar-refractivity contribution in [1.82, 2.24) is 19.1 Å². The minimum absolute atomic E-state index is 0. The first-order valence-corrected chi connectivity index (χ1v) is 39.9. The molecule has 0 radical (unpaired) electrons. The van der Waals surface area contributed by atoms with Gasteiger partial charge in [0, 0.05) is 53.0 Å². The van der Waals surface area contributed by atoms with Crippen molar-refractivity contribution in [2.24, 2.45) is 0 Å². The summed E-state index contributed by atoms with van der Waals surface area (Å²) in [7, 11) is 5.77. The summed E-state index contributed by atoms with van der Waals surface area (Å²) in [4.78, 5) is 10.4. The summed E-state index contributed by atoms with van der Waals surface area (Å²) in [6.45, 7) is 16.5. The number of imidazole rings is 2. The molecule has 18 rings (SSSR count). The van der Waals surface area contributed by atoms with E-state index in [1.807, 2.05) is 167 Å². The normalized spacial score (nSPS) is 14.5. The van der Waals surface area contributed by atoms with Crippen molar-refractivity contribution in [3.05, 3.63) is 287 Å². The van der Waals surface area contributed by atoms with Crippen LogP contribution in [-0.2, 0) is 31.0 Å². The van der Waals surface area contributed by atoms with Gasteiger partial charge in [-0.2, -0.15) is 26.3 Å². The number of aromatic nitrogens is 4. The zero-order valence-electron chi connectivity index (χ0n) is 66.6. The second-order valence-corrected chi connectivity index (χ2v) is 33.1. The SMILES string of the molecule is C.C.C.CC1(C)OB(c2ccc(B3OC(C)(C)C(C)(C)O3)cc2)OC1(C)C.COc1ccc(-c2ccc(-c3ccc4c5ccc(-c6ccc(OC)cc6)cc5c5nc(-c6ccc(OC)cc6)n(-c6cccc(C(F)(F)F)c6)c5c4c3)cc2)cc1.COc1ccc(-c2nc3c4cc(Br)ccc4c4ccc(Br)cc4c3n2-c2cccc(C(F)(F)F)c2)cc1. The predicted molar refractivity (Wildman–Crippen MR) is 489 cm³/mol. The van der Waals surface area contributed by atoms with Crippen LogP contribution >= 0.6 is 31.9 Å². The Kier molecular flexibility index (Phi) is 24.6. The molecule has 14 aromatic carbocycles. The number of ether oxygens (including phenoxy) is 4. The minimum Gasteiger partial charge on any atom is -0.497 e. The third kappa shape index (κ3) is 16.9. The number of halogens is 8. The summed E-state index contributed by atoms with van der Waals surface area (Å²) in [5.74, 6) is 3.91. The average molecular weight is 1760 g/mol. The topological polar surface area (TPSA) is 109 Å². The van der Waals surface area contributed by atoms with E-state index in [0.29, 0.717) is 51.1 Å². The van der Waals surface area contributed by atoms with Crippen LogP contribution in [0.1, 0.15) is 88.8 Å². The van der Waals surface area contributed by atoms with E-state index in [1.54, 1.807) is 40.6 Å². The Morgan fingerprint density at radius 3 is 0.901 bits per heavy atom. The molecule has 2 fully saturated rings. The Balaban J connectivity index is 0.000000169. The van der Waals surface area contributed by atoms with Gasteiger partial charge in [0.25, 0.3) is 0 Å². The zero-order chi connectivity index (χ0) is 83.1. The standard InChI is InChI=1S/C49H35F3N2O3.C29H17Br2F3N2O.C18H28B2O4.3CH4/c1-55-39-19-11-31(12-20-39)30-7-9-32(10-8-30)36-18-26-43-42-25-17-35(33-13-21-40(56-2)22-14-33)27-44(42)46-47(45(43)28-36)54(38-6-4-5-37(29-38)49(50,51)52)48(53-46)34-15-23-41(57-3)24-16-34;1-37-21-9-5-16(6-10-21)28-35-26-24-14-18(30)7-11-22(24)23-12-8-19(31)15-25(23)27(26)36(28)20-4-2-3-17(13-20)29(32,33)34;1-15(2)16(3,4)22-19(21-15)13-9-11-14(12-10-13)20-23-17(5,6)18(7,8)24-20;;;/h4-29H,1-3H3;2-15H,1H3;9-12H,1-8H3;3*1H4. The van der Waals surface area contributed by atoms with Crippen molar-refractivity contribution in [3.63, 3.8) is 0 Å². The van der Waals surface area contributed by atoms with Crippen LogP contribution in [0.3, 0.4) is 0 Å². The van der Waals surface area contributed by atoms with E-state index >= 15 is 0 Å². The molecule has 2 aliphatic rings. The van der Waals surface area contributed by atoms with Gasteiger partial charge in [-0.1, -0.05) is 175 Å². The molecule has 4 heterocycles. The van der Waals surface area contributed by atoms with Crippen LogP contribution in [0.25, 0.3) is 133 Å². The summed E-state index contributed by atoms with van der Waals surface area (Å²) in [5, 5.41) is 7.43. The van der Waals surface area contributed by atoms with Crippen LogP contribution in [0.2, 0.25) is 0 Å². The summed E-state index contributed by atoms with van der Waals surface area (Å²) in [5.41, 5.74) is 10.3. The largest absolute Gasteiger partial charge is 0.497 e. The number of methoxy groups -OCH3 is 4. The van der Waals surface area contributed by atoms with Crippen LogP contribution in [0.5, 0.6) is 23.0 Å². The Labute approximate surface area is 718 Å². The maximum absolute atomic E-state index is 14.3. The minimum atomic E-state index is -4.54. The molecule has 0 bridgehead atoms. The molecule has 0 amide bonds. The van der Waals surface area contributed by atoms with E-state index in [2.05, 4.69) is 148 Å². The van der Waals surface area contributed by atoms with E-state index in [4.69, 9.17) is 47.5 Å². The van der Waals surface area contributed by atoms with Gasteiger partial charge in [-0.05, 0) is 267 Å². The molecule has 2 aromatic heterocycles. The maximum Gasteiger partial charge on any atom is 0.494 e. The molecular weight excluding hydrogens is 1670 g/mol. The Hall–Kier alpha value is -11.2. The first-order valence-electron chi connectivity index (χ1n) is 38.3. The van der Waals surface area contributed by atoms with Gasteiger partial charge in [0.05, 0.1) is 84.0 Å². The molecule has 121 heavy (non-hydrogen) atoms. The van der Waals surface area contributed by atoms with Crippen LogP contribution < -0.4 is 29.9 Å².